The van der Waals surface area contributed by atoms with Crippen molar-refractivity contribution in [2.24, 2.45) is 0 Å². The monoisotopic (exact) mass is 331 g/mol. The van der Waals surface area contributed by atoms with Crippen LogP contribution in [0.1, 0.15) is 5.56 Å². The summed E-state index contributed by atoms with van der Waals surface area (Å²) in [5.41, 5.74) is 1.27. The van der Waals surface area contributed by atoms with E-state index in [9.17, 15) is 0 Å². The molecule has 0 saturated carbocycles. The Kier molecular flexibility index (Phi) is 4.70. The molecule has 0 aliphatic heterocycles. The van der Waals surface area contributed by atoms with Crippen molar-refractivity contribution < 1.29 is 0 Å². The van der Waals surface area contributed by atoms with Crippen LogP contribution in [0.15, 0.2) is 95.9 Å². The number of benzene rings is 3. The Morgan fingerprint density at radius 3 is 1.43 bits per heavy atom. The molecule has 0 fully saturated rings. The summed E-state index contributed by atoms with van der Waals surface area (Å²) in [5, 5.41) is 0. The first kappa shape index (κ1) is 13.9. The van der Waals surface area contributed by atoms with E-state index in [1.165, 1.54) is 14.4 Å². The summed E-state index contributed by atoms with van der Waals surface area (Å²) in [6.07, 6.45) is 2.27. The topological polar surface area (TPSA) is 0 Å². The maximum absolute atomic E-state index is 2.44. The molecule has 101 valence electrons. The fourth-order valence-electron chi connectivity index (χ4n) is 2.34. The molecule has 0 aromatic heterocycles. The number of rotatable bonds is 4. The van der Waals surface area contributed by atoms with E-state index in [4.69, 9.17) is 0 Å². The SMILES string of the molecule is C(=[CH]/[Ge]([c]1ccccc1)[c]1ccccc1)/c1ccccc1. The Morgan fingerprint density at radius 2 is 0.952 bits per heavy atom. The van der Waals surface area contributed by atoms with Crippen LogP contribution in [0, 0.1) is 0 Å². The van der Waals surface area contributed by atoms with Gasteiger partial charge in [-0.3, -0.25) is 0 Å². The van der Waals surface area contributed by atoms with Crippen LogP contribution in [0.2, 0.25) is 0 Å². The summed E-state index contributed by atoms with van der Waals surface area (Å²) in [6.45, 7) is 0. The molecule has 1 heteroatoms. The van der Waals surface area contributed by atoms with E-state index in [0.717, 1.165) is 0 Å². The fraction of sp³-hybridized carbons (Fsp3) is 0. The normalized spacial score (nSPS) is 11.1. The minimum atomic E-state index is -1.62. The Balaban J connectivity index is 1.96. The molecule has 0 aliphatic rings. The summed E-state index contributed by atoms with van der Waals surface area (Å²) < 4.78 is 2.96. The van der Waals surface area contributed by atoms with Gasteiger partial charge in [0.1, 0.15) is 0 Å². The second-order valence-electron chi connectivity index (χ2n) is 4.89. The van der Waals surface area contributed by atoms with Crippen molar-refractivity contribution in [2.75, 3.05) is 0 Å². The van der Waals surface area contributed by atoms with E-state index in [0.29, 0.717) is 0 Å². The van der Waals surface area contributed by atoms with Crippen LogP contribution >= 0.6 is 0 Å². The maximum atomic E-state index is 2.44. The quantitative estimate of drug-likeness (QED) is 0.642. The molecule has 0 amide bonds. The van der Waals surface area contributed by atoms with Crippen LogP contribution in [-0.4, -0.2) is 14.3 Å². The summed E-state index contributed by atoms with van der Waals surface area (Å²) in [7, 11) is 0. The van der Waals surface area contributed by atoms with Gasteiger partial charge in [0, 0.05) is 0 Å². The molecular formula is C20H17Ge. The van der Waals surface area contributed by atoms with E-state index in [-0.39, 0.29) is 0 Å². The van der Waals surface area contributed by atoms with Gasteiger partial charge in [0.05, 0.1) is 0 Å². The van der Waals surface area contributed by atoms with Crippen molar-refractivity contribution in [3.63, 3.8) is 0 Å². The summed E-state index contributed by atoms with van der Waals surface area (Å²) >= 11 is -1.62. The Morgan fingerprint density at radius 1 is 0.524 bits per heavy atom. The van der Waals surface area contributed by atoms with E-state index in [1.807, 2.05) is 0 Å². The second kappa shape index (κ2) is 7.10. The third kappa shape index (κ3) is 3.74. The van der Waals surface area contributed by atoms with Crippen molar-refractivity contribution in [3.05, 3.63) is 101 Å². The molecule has 0 saturated heterocycles. The van der Waals surface area contributed by atoms with Gasteiger partial charge in [-0.15, -0.1) is 0 Å². The van der Waals surface area contributed by atoms with Crippen molar-refractivity contribution in [2.45, 2.75) is 0 Å². The molecule has 3 rings (SSSR count). The minimum absolute atomic E-state index is 1.27. The molecule has 0 N–H and O–H groups in total. The average molecular weight is 330 g/mol. The summed E-state index contributed by atoms with van der Waals surface area (Å²) in [5.74, 6) is 0. The molecule has 3 aromatic rings. The summed E-state index contributed by atoms with van der Waals surface area (Å²) in [6, 6.07) is 32.3. The van der Waals surface area contributed by atoms with Crippen LogP contribution in [0.3, 0.4) is 0 Å². The van der Waals surface area contributed by atoms with E-state index in [2.05, 4.69) is 102 Å². The third-order valence-corrected chi connectivity index (χ3v) is 8.47. The third-order valence-electron chi connectivity index (χ3n) is 3.41. The Hall–Kier alpha value is -2.06. The van der Waals surface area contributed by atoms with Crippen LogP contribution < -0.4 is 8.79 Å². The molecule has 0 atom stereocenters. The first-order chi connectivity index (χ1) is 10.4. The van der Waals surface area contributed by atoms with Crippen molar-refractivity contribution >= 4 is 29.2 Å². The van der Waals surface area contributed by atoms with Crippen LogP contribution in [0.4, 0.5) is 0 Å². The van der Waals surface area contributed by atoms with E-state index < -0.39 is 14.3 Å². The Bertz CT molecular complexity index is 648. The van der Waals surface area contributed by atoms with E-state index in [1.54, 1.807) is 0 Å². The second-order valence-corrected chi connectivity index (χ2v) is 9.75. The van der Waals surface area contributed by atoms with Gasteiger partial charge in [-0.1, -0.05) is 0 Å². The van der Waals surface area contributed by atoms with Crippen LogP contribution in [0.25, 0.3) is 6.08 Å². The molecule has 0 bridgehead atoms. The van der Waals surface area contributed by atoms with Crippen molar-refractivity contribution in [1.29, 1.82) is 0 Å². The van der Waals surface area contributed by atoms with Crippen molar-refractivity contribution in [3.8, 4) is 0 Å². The zero-order valence-electron chi connectivity index (χ0n) is 11.8. The predicted octanol–water partition coefficient (Wildman–Crippen LogP) is 3.55. The van der Waals surface area contributed by atoms with Gasteiger partial charge < -0.3 is 0 Å². The molecule has 0 aliphatic carbocycles. The van der Waals surface area contributed by atoms with Gasteiger partial charge in [-0.2, -0.15) is 0 Å². The van der Waals surface area contributed by atoms with Crippen LogP contribution in [0.5, 0.6) is 0 Å². The van der Waals surface area contributed by atoms with E-state index >= 15 is 0 Å². The first-order valence-corrected chi connectivity index (χ1v) is 10.5. The molecule has 0 nitrogen and oxygen atoms in total. The van der Waals surface area contributed by atoms with Gasteiger partial charge in [-0.05, 0) is 0 Å². The van der Waals surface area contributed by atoms with Gasteiger partial charge in [0.25, 0.3) is 0 Å². The van der Waals surface area contributed by atoms with Gasteiger partial charge in [0.2, 0.25) is 0 Å². The molecule has 21 heavy (non-hydrogen) atoms. The average Bonchev–Trinajstić information content (AvgIpc) is 2.58. The number of hydrogen-bond acceptors (Lipinski definition) is 0. The van der Waals surface area contributed by atoms with Gasteiger partial charge in [-0.25, -0.2) is 0 Å². The van der Waals surface area contributed by atoms with Crippen molar-refractivity contribution in [1.82, 2.24) is 0 Å². The summed E-state index contributed by atoms with van der Waals surface area (Å²) in [4.78, 5) is 2.44. The molecule has 0 unspecified atom stereocenters. The zero-order chi connectivity index (χ0) is 14.3. The van der Waals surface area contributed by atoms with Crippen LogP contribution in [-0.2, 0) is 0 Å². The zero-order valence-corrected chi connectivity index (χ0v) is 13.9. The number of hydrogen-bond donors (Lipinski definition) is 0. The van der Waals surface area contributed by atoms with Gasteiger partial charge in [0.15, 0.2) is 0 Å². The molecular weight excluding hydrogens is 313 g/mol. The first-order valence-electron chi connectivity index (χ1n) is 7.14. The Labute approximate surface area is 130 Å². The molecule has 1 radical (unpaired) electrons. The predicted molar refractivity (Wildman–Crippen MR) is 93.4 cm³/mol. The fourth-order valence-corrected chi connectivity index (χ4v) is 6.91. The van der Waals surface area contributed by atoms with Gasteiger partial charge >= 0.3 is 131 Å². The molecule has 3 aromatic carbocycles. The molecule has 0 spiro atoms. The standard InChI is InChI=1S/C20H17Ge/c1-4-10-18(11-5-1)16-17-21(19-12-6-2-7-13-19)20-14-8-3-9-15-20/h1-17H/b17-16-. The molecule has 0 heterocycles.